The van der Waals surface area contributed by atoms with Crippen molar-refractivity contribution < 1.29 is 9.59 Å². The Balaban J connectivity index is 1.53. The maximum Gasteiger partial charge on any atom is 0.230 e. The highest BCUT2D eigenvalue weighted by molar-refractivity contribution is 7.18. The first-order valence-corrected chi connectivity index (χ1v) is 10.5. The molecule has 0 saturated carbocycles. The molecule has 28 heavy (non-hydrogen) atoms. The summed E-state index contributed by atoms with van der Waals surface area (Å²) in [6.07, 6.45) is 0.158. The summed E-state index contributed by atoms with van der Waals surface area (Å²) in [6.45, 7) is 6.07. The Hall–Kier alpha value is -2.76. The summed E-state index contributed by atoms with van der Waals surface area (Å²) in [5, 5.41) is 13.7. The van der Waals surface area contributed by atoms with Gasteiger partial charge in [-0.3, -0.25) is 9.59 Å². The molecule has 1 atom stereocenters. The average molecular weight is 411 g/mol. The third-order valence-corrected chi connectivity index (χ3v) is 7.09. The van der Waals surface area contributed by atoms with Crippen LogP contribution < -0.4 is 10.2 Å². The molecule has 142 valence electrons. The summed E-state index contributed by atoms with van der Waals surface area (Å²) in [7, 11) is 0. The lowest BCUT2D eigenvalue weighted by Crippen LogP contribution is -2.28. The average Bonchev–Trinajstić information content (AvgIpc) is 3.29. The highest BCUT2D eigenvalue weighted by Gasteiger charge is 2.35. The van der Waals surface area contributed by atoms with E-state index in [9.17, 15) is 14.9 Å². The van der Waals surface area contributed by atoms with Crippen molar-refractivity contribution in [2.24, 2.45) is 5.92 Å². The van der Waals surface area contributed by atoms with Gasteiger partial charge >= 0.3 is 0 Å². The van der Waals surface area contributed by atoms with Gasteiger partial charge in [-0.05, 0) is 44.5 Å². The second kappa shape index (κ2) is 7.00. The molecule has 1 aliphatic heterocycles. The SMILES string of the molecule is Cc1nc2cc(N3CC(C(=O)Nc4sc(C)c(C)c4C#N)CC3=O)ccc2s1. The molecule has 1 N–H and O–H groups in total. The molecule has 0 radical (unpaired) electrons. The van der Waals surface area contributed by atoms with Crippen molar-refractivity contribution >= 4 is 55.4 Å². The standard InChI is InChI=1S/C20H18N4O2S2/c1-10-11(2)27-20(15(10)8-21)23-19(26)13-6-18(25)24(9-13)14-4-5-17-16(7-14)22-12(3)28-17/h4-5,7,13H,6,9H2,1-3H3,(H,23,26). The monoisotopic (exact) mass is 410 g/mol. The minimum atomic E-state index is -0.449. The lowest BCUT2D eigenvalue weighted by Gasteiger charge is -2.16. The Morgan fingerprint density at radius 3 is 2.86 bits per heavy atom. The van der Waals surface area contributed by atoms with Gasteiger partial charge in [0.15, 0.2) is 0 Å². The van der Waals surface area contributed by atoms with Crippen molar-refractivity contribution in [1.29, 1.82) is 5.26 Å². The molecule has 2 aromatic heterocycles. The predicted octanol–water partition coefficient (Wildman–Crippen LogP) is 4.15. The maximum absolute atomic E-state index is 12.7. The van der Waals surface area contributed by atoms with Gasteiger partial charge in [-0.25, -0.2) is 4.98 Å². The van der Waals surface area contributed by atoms with Crippen LogP contribution in [-0.4, -0.2) is 23.3 Å². The van der Waals surface area contributed by atoms with Crippen LogP contribution in [0.1, 0.15) is 27.4 Å². The number of nitriles is 1. The van der Waals surface area contributed by atoms with Gasteiger partial charge in [0.1, 0.15) is 11.1 Å². The van der Waals surface area contributed by atoms with Crippen molar-refractivity contribution in [3.8, 4) is 6.07 Å². The van der Waals surface area contributed by atoms with Crippen LogP contribution in [0.5, 0.6) is 0 Å². The van der Waals surface area contributed by atoms with Crippen LogP contribution in [0.15, 0.2) is 18.2 Å². The molecule has 8 heteroatoms. The zero-order valence-corrected chi connectivity index (χ0v) is 17.3. The number of hydrogen-bond donors (Lipinski definition) is 1. The predicted molar refractivity (Wildman–Crippen MR) is 112 cm³/mol. The molecular weight excluding hydrogens is 392 g/mol. The molecule has 1 unspecified atom stereocenters. The Kier molecular flexibility index (Phi) is 4.65. The van der Waals surface area contributed by atoms with Crippen molar-refractivity contribution in [3.05, 3.63) is 39.2 Å². The number of thiazole rings is 1. The first kappa shape index (κ1) is 18.6. The minimum absolute atomic E-state index is 0.0782. The van der Waals surface area contributed by atoms with Crippen LogP contribution in [0.25, 0.3) is 10.2 Å². The number of aryl methyl sites for hydroxylation is 2. The number of amides is 2. The molecule has 0 bridgehead atoms. The van der Waals surface area contributed by atoms with Gasteiger partial charge in [-0.1, -0.05) is 0 Å². The third-order valence-electron chi connectivity index (χ3n) is 5.02. The van der Waals surface area contributed by atoms with Crippen molar-refractivity contribution in [3.63, 3.8) is 0 Å². The van der Waals surface area contributed by atoms with Gasteiger partial charge in [-0.2, -0.15) is 5.26 Å². The van der Waals surface area contributed by atoms with E-state index in [0.717, 1.165) is 31.4 Å². The minimum Gasteiger partial charge on any atom is -0.316 e. The normalized spacial score (nSPS) is 16.6. The number of aromatic nitrogens is 1. The third kappa shape index (κ3) is 3.17. The highest BCUT2D eigenvalue weighted by atomic mass is 32.1. The van der Waals surface area contributed by atoms with Crippen LogP contribution in [-0.2, 0) is 9.59 Å². The summed E-state index contributed by atoms with van der Waals surface area (Å²) in [4.78, 5) is 32.4. The van der Waals surface area contributed by atoms with Crippen LogP contribution >= 0.6 is 22.7 Å². The van der Waals surface area contributed by atoms with Crippen molar-refractivity contribution in [1.82, 2.24) is 4.98 Å². The Labute approximate surface area is 170 Å². The second-order valence-electron chi connectivity index (χ2n) is 6.88. The molecule has 1 aromatic carbocycles. The molecule has 0 aliphatic carbocycles. The lowest BCUT2D eigenvalue weighted by atomic mass is 10.1. The molecule has 1 saturated heterocycles. The second-order valence-corrected chi connectivity index (χ2v) is 9.34. The van der Waals surface area contributed by atoms with E-state index >= 15 is 0 Å². The van der Waals surface area contributed by atoms with E-state index in [1.54, 1.807) is 16.2 Å². The lowest BCUT2D eigenvalue weighted by molar-refractivity contribution is -0.122. The molecule has 4 rings (SSSR count). The van der Waals surface area contributed by atoms with Crippen LogP contribution in [0, 0.1) is 38.0 Å². The van der Waals surface area contributed by atoms with E-state index in [1.165, 1.54) is 11.3 Å². The van der Waals surface area contributed by atoms with Gasteiger partial charge in [0, 0.05) is 23.5 Å². The first-order chi connectivity index (χ1) is 13.4. The Morgan fingerprint density at radius 2 is 2.11 bits per heavy atom. The van der Waals surface area contributed by atoms with E-state index in [0.29, 0.717) is 17.1 Å². The molecule has 6 nitrogen and oxygen atoms in total. The quantitative estimate of drug-likeness (QED) is 0.703. The number of rotatable bonds is 3. The number of fused-ring (bicyclic) bond motifs is 1. The van der Waals surface area contributed by atoms with Gasteiger partial charge in [0.05, 0.1) is 26.7 Å². The number of carbonyl (C=O) groups excluding carboxylic acids is 2. The molecule has 3 aromatic rings. The van der Waals surface area contributed by atoms with Crippen LogP contribution in [0.4, 0.5) is 10.7 Å². The molecule has 1 aliphatic rings. The van der Waals surface area contributed by atoms with E-state index in [4.69, 9.17) is 0 Å². The van der Waals surface area contributed by atoms with E-state index in [-0.39, 0.29) is 18.2 Å². The molecule has 0 spiro atoms. The van der Waals surface area contributed by atoms with Crippen LogP contribution in [0.3, 0.4) is 0 Å². The summed E-state index contributed by atoms with van der Waals surface area (Å²) in [5.74, 6) is -0.751. The number of benzene rings is 1. The zero-order valence-electron chi connectivity index (χ0n) is 15.7. The Morgan fingerprint density at radius 1 is 1.32 bits per heavy atom. The number of hydrogen-bond acceptors (Lipinski definition) is 6. The number of anilines is 2. The van der Waals surface area contributed by atoms with Crippen LogP contribution in [0.2, 0.25) is 0 Å². The largest absolute Gasteiger partial charge is 0.316 e. The van der Waals surface area contributed by atoms with Crippen molar-refractivity contribution in [2.75, 3.05) is 16.8 Å². The molecular formula is C20H18N4O2S2. The summed E-state index contributed by atoms with van der Waals surface area (Å²) in [5.41, 5.74) is 3.02. The number of carbonyl (C=O) groups is 2. The summed E-state index contributed by atoms with van der Waals surface area (Å²) >= 11 is 3.01. The molecule has 2 amide bonds. The molecule has 1 fully saturated rings. The van der Waals surface area contributed by atoms with Gasteiger partial charge in [0.2, 0.25) is 11.8 Å². The first-order valence-electron chi connectivity index (χ1n) is 8.86. The molecule has 3 heterocycles. The topological polar surface area (TPSA) is 86.1 Å². The smallest absolute Gasteiger partial charge is 0.230 e. The van der Waals surface area contributed by atoms with Gasteiger partial charge in [0.25, 0.3) is 0 Å². The maximum atomic E-state index is 12.7. The van der Waals surface area contributed by atoms with Gasteiger partial charge in [-0.15, -0.1) is 22.7 Å². The summed E-state index contributed by atoms with van der Waals surface area (Å²) < 4.78 is 1.08. The fraction of sp³-hybridized carbons (Fsp3) is 0.300. The highest BCUT2D eigenvalue weighted by Crippen LogP contribution is 2.34. The fourth-order valence-corrected chi connectivity index (χ4v) is 5.22. The van der Waals surface area contributed by atoms with Gasteiger partial charge < -0.3 is 10.2 Å². The fourth-order valence-electron chi connectivity index (χ4n) is 3.40. The summed E-state index contributed by atoms with van der Waals surface area (Å²) in [6, 6.07) is 7.92. The van der Waals surface area contributed by atoms with E-state index in [1.807, 2.05) is 39.0 Å². The van der Waals surface area contributed by atoms with E-state index < -0.39 is 5.92 Å². The Bertz CT molecular complexity index is 1160. The van der Waals surface area contributed by atoms with Crippen molar-refractivity contribution in [2.45, 2.75) is 27.2 Å². The zero-order chi connectivity index (χ0) is 20.0. The van der Waals surface area contributed by atoms with E-state index in [2.05, 4.69) is 16.4 Å². The number of nitrogens with zero attached hydrogens (tertiary/aromatic N) is 3. The number of thiophene rings is 1. The number of nitrogens with one attached hydrogen (secondary N) is 1.